The van der Waals surface area contributed by atoms with Crippen molar-refractivity contribution in [3.8, 4) is 0 Å². The lowest BCUT2D eigenvalue weighted by atomic mass is 10.4. The molecule has 6 nitrogen and oxygen atoms in total. The number of ether oxygens (including phenoxy) is 1. The highest BCUT2D eigenvalue weighted by Crippen LogP contribution is 1.94. The van der Waals surface area contributed by atoms with Crippen LogP contribution >= 0.6 is 0 Å². The molecule has 1 heterocycles. The van der Waals surface area contributed by atoms with Gasteiger partial charge < -0.3 is 15.2 Å². The van der Waals surface area contributed by atoms with E-state index in [1.54, 1.807) is 11.8 Å². The molecule has 0 aliphatic rings. The van der Waals surface area contributed by atoms with E-state index < -0.39 is 0 Å². The van der Waals surface area contributed by atoms with Gasteiger partial charge in [0, 0.05) is 39.5 Å². The largest absolute Gasteiger partial charge is 0.396 e. The fraction of sp³-hybridized carbons (Fsp3) is 0.800. The molecule has 0 aromatic carbocycles. The van der Waals surface area contributed by atoms with Crippen LogP contribution in [0.1, 0.15) is 19.0 Å². The summed E-state index contributed by atoms with van der Waals surface area (Å²) in [4.78, 5) is 0. The second-order valence-corrected chi connectivity index (χ2v) is 3.73. The Morgan fingerprint density at radius 2 is 2.44 bits per heavy atom. The molecule has 0 aliphatic heterocycles. The maximum Gasteiger partial charge on any atom is 0.0964 e. The average Bonchev–Trinajstić information content (AvgIpc) is 2.74. The zero-order valence-corrected chi connectivity index (χ0v) is 9.89. The number of rotatable bonds is 8. The number of nitrogens with zero attached hydrogens (tertiary/aromatic N) is 3. The SMILES string of the molecule is COC(C)CNCc1cn(CCCO)nn1. The number of hydrogen-bond donors (Lipinski definition) is 2. The summed E-state index contributed by atoms with van der Waals surface area (Å²) in [6, 6.07) is 0. The predicted octanol–water partition coefficient (Wildman–Crippen LogP) is -0.215. The normalized spacial score (nSPS) is 12.9. The molecule has 16 heavy (non-hydrogen) atoms. The highest BCUT2D eigenvalue weighted by molar-refractivity contribution is 4.91. The molecule has 0 spiro atoms. The summed E-state index contributed by atoms with van der Waals surface area (Å²) in [5, 5.41) is 19.9. The van der Waals surface area contributed by atoms with Crippen LogP contribution in [0.15, 0.2) is 6.20 Å². The predicted molar refractivity (Wildman–Crippen MR) is 59.9 cm³/mol. The van der Waals surface area contributed by atoms with E-state index in [4.69, 9.17) is 9.84 Å². The summed E-state index contributed by atoms with van der Waals surface area (Å²) in [5.74, 6) is 0. The van der Waals surface area contributed by atoms with Crippen molar-refractivity contribution in [2.24, 2.45) is 0 Å². The Morgan fingerprint density at radius 3 is 3.12 bits per heavy atom. The van der Waals surface area contributed by atoms with Crippen LogP contribution < -0.4 is 5.32 Å². The minimum atomic E-state index is 0.179. The minimum absolute atomic E-state index is 0.179. The van der Waals surface area contributed by atoms with Crippen molar-refractivity contribution in [1.82, 2.24) is 20.3 Å². The Balaban J connectivity index is 2.23. The van der Waals surface area contributed by atoms with E-state index in [0.29, 0.717) is 19.5 Å². The van der Waals surface area contributed by atoms with Gasteiger partial charge in [-0.1, -0.05) is 5.21 Å². The maximum absolute atomic E-state index is 8.68. The van der Waals surface area contributed by atoms with E-state index in [2.05, 4.69) is 15.6 Å². The average molecular weight is 228 g/mol. The minimum Gasteiger partial charge on any atom is -0.396 e. The molecule has 1 aromatic rings. The first-order chi connectivity index (χ1) is 7.76. The topological polar surface area (TPSA) is 72.2 Å². The lowest BCUT2D eigenvalue weighted by molar-refractivity contribution is 0.117. The Kier molecular flexibility index (Phi) is 5.99. The zero-order chi connectivity index (χ0) is 11.8. The van der Waals surface area contributed by atoms with Gasteiger partial charge in [0.2, 0.25) is 0 Å². The van der Waals surface area contributed by atoms with Gasteiger partial charge in [-0.2, -0.15) is 0 Å². The van der Waals surface area contributed by atoms with Crippen LogP contribution in [0.5, 0.6) is 0 Å². The number of nitrogens with one attached hydrogen (secondary N) is 1. The van der Waals surface area contributed by atoms with Crippen molar-refractivity contribution in [2.75, 3.05) is 20.3 Å². The van der Waals surface area contributed by atoms with E-state index in [0.717, 1.165) is 12.2 Å². The van der Waals surface area contributed by atoms with Gasteiger partial charge in [0.25, 0.3) is 0 Å². The molecule has 1 unspecified atom stereocenters. The van der Waals surface area contributed by atoms with Crippen molar-refractivity contribution in [1.29, 1.82) is 0 Å². The zero-order valence-electron chi connectivity index (χ0n) is 9.89. The molecule has 0 radical (unpaired) electrons. The summed E-state index contributed by atoms with van der Waals surface area (Å²) in [6.07, 6.45) is 2.79. The third-order valence-corrected chi connectivity index (χ3v) is 2.27. The van der Waals surface area contributed by atoms with Gasteiger partial charge >= 0.3 is 0 Å². The third kappa shape index (κ3) is 4.69. The van der Waals surface area contributed by atoms with Crippen LogP contribution in [0.25, 0.3) is 0 Å². The second-order valence-electron chi connectivity index (χ2n) is 3.73. The lowest BCUT2D eigenvalue weighted by Crippen LogP contribution is -2.25. The molecule has 92 valence electrons. The summed E-state index contributed by atoms with van der Waals surface area (Å²) in [7, 11) is 1.69. The molecule has 1 atom stereocenters. The first-order valence-corrected chi connectivity index (χ1v) is 5.49. The second kappa shape index (κ2) is 7.32. The van der Waals surface area contributed by atoms with Crippen molar-refractivity contribution in [3.63, 3.8) is 0 Å². The van der Waals surface area contributed by atoms with Crippen LogP contribution in [0.3, 0.4) is 0 Å². The van der Waals surface area contributed by atoms with Crippen LogP contribution in [-0.2, 0) is 17.8 Å². The molecule has 0 saturated carbocycles. The highest BCUT2D eigenvalue weighted by Gasteiger charge is 2.02. The molecule has 0 aliphatic carbocycles. The smallest absolute Gasteiger partial charge is 0.0964 e. The molecule has 1 rings (SSSR count). The summed E-state index contributed by atoms with van der Waals surface area (Å²) in [5.41, 5.74) is 0.904. The molecule has 1 aromatic heterocycles. The Morgan fingerprint density at radius 1 is 1.62 bits per heavy atom. The van der Waals surface area contributed by atoms with Gasteiger partial charge in [0.1, 0.15) is 0 Å². The van der Waals surface area contributed by atoms with Gasteiger partial charge in [0.05, 0.1) is 11.8 Å². The first kappa shape index (κ1) is 13.1. The van der Waals surface area contributed by atoms with Gasteiger partial charge in [0.15, 0.2) is 0 Å². The van der Waals surface area contributed by atoms with Crippen molar-refractivity contribution < 1.29 is 9.84 Å². The van der Waals surface area contributed by atoms with E-state index in [1.165, 1.54) is 0 Å². The summed E-state index contributed by atoms with van der Waals surface area (Å²) in [6.45, 7) is 4.37. The Bertz CT molecular complexity index is 290. The van der Waals surface area contributed by atoms with Crippen LogP contribution in [0.4, 0.5) is 0 Å². The Hall–Kier alpha value is -0.980. The van der Waals surface area contributed by atoms with Crippen molar-refractivity contribution in [2.45, 2.75) is 32.5 Å². The number of aromatic nitrogens is 3. The van der Waals surface area contributed by atoms with Crippen LogP contribution in [0.2, 0.25) is 0 Å². The molecule has 0 bridgehead atoms. The fourth-order valence-electron chi connectivity index (χ4n) is 1.25. The van der Waals surface area contributed by atoms with Gasteiger partial charge in [-0.15, -0.1) is 5.10 Å². The summed E-state index contributed by atoms with van der Waals surface area (Å²) >= 11 is 0. The molecule has 2 N–H and O–H groups in total. The number of aryl methyl sites for hydroxylation is 1. The van der Waals surface area contributed by atoms with E-state index >= 15 is 0 Å². The van der Waals surface area contributed by atoms with Gasteiger partial charge in [-0.3, -0.25) is 4.68 Å². The van der Waals surface area contributed by atoms with E-state index in [9.17, 15) is 0 Å². The molecule has 0 fully saturated rings. The number of aliphatic hydroxyl groups is 1. The molecule has 0 amide bonds. The quantitative estimate of drug-likeness (QED) is 0.644. The van der Waals surface area contributed by atoms with Gasteiger partial charge in [-0.05, 0) is 13.3 Å². The number of hydrogen-bond acceptors (Lipinski definition) is 5. The van der Waals surface area contributed by atoms with Gasteiger partial charge in [-0.25, -0.2) is 0 Å². The van der Waals surface area contributed by atoms with Crippen molar-refractivity contribution in [3.05, 3.63) is 11.9 Å². The Labute approximate surface area is 95.6 Å². The third-order valence-electron chi connectivity index (χ3n) is 2.27. The van der Waals surface area contributed by atoms with E-state index in [1.807, 2.05) is 13.1 Å². The highest BCUT2D eigenvalue weighted by atomic mass is 16.5. The first-order valence-electron chi connectivity index (χ1n) is 5.49. The standard InChI is InChI=1S/C10H20N4O2/c1-9(16-2)6-11-7-10-8-14(13-12-10)4-3-5-15/h8-9,11,15H,3-7H2,1-2H3. The molecular weight excluding hydrogens is 208 g/mol. The van der Waals surface area contributed by atoms with Crippen molar-refractivity contribution >= 4 is 0 Å². The number of methoxy groups -OCH3 is 1. The molecule has 6 heteroatoms. The molecular formula is C10H20N4O2. The van der Waals surface area contributed by atoms with Crippen LogP contribution in [0, 0.1) is 0 Å². The fourth-order valence-corrected chi connectivity index (χ4v) is 1.25. The maximum atomic E-state index is 8.68. The van der Waals surface area contributed by atoms with Crippen LogP contribution in [-0.4, -0.2) is 46.5 Å². The number of aliphatic hydroxyl groups excluding tert-OH is 1. The lowest BCUT2D eigenvalue weighted by Gasteiger charge is -2.08. The monoisotopic (exact) mass is 228 g/mol. The van der Waals surface area contributed by atoms with E-state index in [-0.39, 0.29) is 12.7 Å². The summed E-state index contributed by atoms with van der Waals surface area (Å²) < 4.78 is 6.86. The molecule has 0 saturated heterocycles.